The van der Waals surface area contributed by atoms with Crippen molar-refractivity contribution in [3.8, 4) is 11.3 Å². The number of hydrogen-bond acceptors (Lipinski definition) is 4. The summed E-state index contributed by atoms with van der Waals surface area (Å²) in [5.41, 5.74) is 2.89. The second kappa shape index (κ2) is 8.41. The Labute approximate surface area is 169 Å². The van der Waals surface area contributed by atoms with Crippen LogP contribution in [0.15, 0.2) is 53.9 Å². The minimum atomic E-state index is -0.263. The summed E-state index contributed by atoms with van der Waals surface area (Å²) in [6.07, 6.45) is 0.386. The summed E-state index contributed by atoms with van der Waals surface area (Å²) in [7, 11) is 0. The fourth-order valence-corrected chi connectivity index (χ4v) is 3.32. The van der Waals surface area contributed by atoms with E-state index in [4.69, 9.17) is 0 Å². The topological polar surface area (TPSA) is 71.1 Å². The van der Waals surface area contributed by atoms with Gasteiger partial charge in [-0.3, -0.25) is 14.9 Å². The first-order valence-corrected chi connectivity index (χ1v) is 9.93. The van der Waals surface area contributed by atoms with Crippen molar-refractivity contribution in [2.75, 3.05) is 10.6 Å². The first-order chi connectivity index (χ1) is 12.5. The number of halogens is 1. The highest BCUT2D eigenvalue weighted by Crippen LogP contribution is 2.26. The third-order valence-electron chi connectivity index (χ3n) is 3.59. The fourth-order valence-electron chi connectivity index (χ4n) is 2.24. The number of nitrogens with zero attached hydrogens (tertiary/aromatic N) is 1. The van der Waals surface area contributed by atoms with Gasteiger partial charge >= 0.3 is 0 Å². The molecule has 1 aromatic heterocycles. The lowest BCUT2D eigenvalue weighted by molar-refractivity contribution is -0.115. The van der Waals surface area contributed by atoms with Gasteiger partial charge in [-0.15, -0.1) is 11.3 Å². The quantitative estimate of drug-likeness (QED) is 0.508. The van der Waals surface area contributed by atoms with Crippen LogP contribution in [-0.4, -0.2) is 16.8 Å². The van der Waals surface area contributed by atoms with E-state index < -0.39 is 0 Å². The van der Waals surface area contributed by atoms with Crippen molar-refractivity contribution in [2.24, 2.45) is 0 Å². The van der Waals surface area contributed by atoms with E-state index in [9.17, 15) is 9.59 Å². The number of anilines is 2. The maximum atomic E-state index is 12.5. The minimum Gasteiger partial charge on any atom is -0.326 e. The summed E-state index contributed by atoms with van der Waals surface area (Å²) in [5, 5.41) is 8.00. The van der Waals surface area contributed by atoms with E-state index in [2.05, 4.69) is 38.2 Å². The number of benzene rings is 2. The Morgan fingerprint density at radius 2 is 1.88 bits per heavy atom. The van der Waals surface area contributed by atoms with E-state index in [1.54, 1.807) is 31.2 Å². The lowest BCUT2D eigenvalue weighted by Gasteiger charge is -2.06. The highest BCUT2D eigenvalue weighted by atomic mass is 127. The molecule has 26 heavy (non-hydrogen) atoms. The zero-order valence-electron chi connectivity index (χ0n) is 14.0. The normalized spacial score (nSPS) is 10.4. The van der Waals surface area contributed by atoms with Crippen molar-refractivity contribution in [3.05, 3.63) is 63.0 Å². The zero-order chi connectivity index (χ0) is 18.5. The molecule has 0 saturated carbocycles. The van der Waals surface area contributed by atoms with Gasteiger partial charge in [0.05, 0.1) is 5.69 Å². The van der Waals surface area contributed by atoms with Gasteiger partial charge < -0.3 is 5.32 Å². The monoisotopic (exact) mass is 477 g/mol. The molecule has 5 nitrogen and oxygen atoms in total. The smallest absolute Gasteiger partial charge is 0.257 e. The van der Waals surface area contributed by atoms with Gasteiger partial charge in [0.1, 0.15) is 0 Å². The molecular formula is C19H16IN3O2S. The number of amides is 2. The zero-order valence-corrected chi connectivity index (χ0v) is 16.9. The second-order valence-electron chi connectivity index (χ2n) is 5.48. The van der Waals surface area contributed by atoms with Gasteiger partial charge in [-0.2, -0.15) is 0 Å². The number of rotatable bonds is 5. The van der Waals surface area contributed by atoms with Crippen LogP contribution in [0, 0.1) is 3.57 Å². The van der Waals surface area contributed by atoms with E-state index in [-0.39, 0.29) is 11.8 Å². The Kier molecular flexibility index (Phi) is 6.00. The van der Waals surface area contributed by atoms with Gasteiger partial charge in [0.25, 0.3) is 5.91 Å². The third-order valence-corrected chi connectivity index (χ3v) is 5.07. The molecule has 132 valence electrons. The molecule has 2 aromatic carbocycles. The average molecular weight is 477 g/mol. The maximum Gasteiger partial charge on any atom is 0.257 e. The lowest BCUT2D eigenvalue weighted by Crippen LogP contribution is -2.13. The number of aromatic nitrogens is 1. The van der Waals surface area contributed by atoms with Gasteiger partial charge in [0, 0.05) is 32.2 Å². The van der Waals surface area contributed by atoms with Crippen molar-refractivity contribution in [1.82, 2.24) is 4.98 Å². The molecular weight excluding hydrogens is 461 g/mol. The molecule has 0 bridgehead atoms. The summed E-state index contributed by atoms with van der Waals surface area (Å²) in [4.78, 5) is 28.4. The standard InChI is InChI=1S/C19H16IN3O2S/c1-2-17(24)21-15-5-3-4-13(10-15)18(25)23-19-22-16(11-26-19)12-6-8-14(20)9-7-12/h3-11H,2H2,1H3,(H,21,24)(H,22,23,25). The molecule has 1 heterocycles. The predicted octanol–water partition coefficient (Wildman–Crippen LogP) is 5.02. The summed E-state index contributed by atoms with van der Waals surface area (Å²) < 4.78 is 1.16. The molecule has 0 unspecified atom stereocenters. The van der Waals surface area contributed by atoms with E-state index in [0.717, 1.165) is 14.8 Å². The van der Waals surface area contributed by atoms with Crippen LogP contribution >= 0.6 is 33.9 Å². The molecule has 0 aliphatic heterocycles. The number of carbonyl (C=O) groups is 2. The Bertz CT molecular complexity index is 938. The van der Waals surface area contributed by atoms with E-state index in [1.807, 2.05) is 29.6 Å². The molecule has 0 aliphatic carbocycles. The van der Waals surface area contributed by atoms with Crippen LogP contribution in [0.3, 0.4) is 0 Å². The largest absolute Gasteiger partial charge is 0.326 e. The van der Waals surface area contributed by atoms with E-state index >= 15 is 0 Å². The molecule has 3 rings (SSSR count). The van der Waals surface area contributed by atoms with Gasteiger partial charge in [-0.25, -0.2) is 4.98 Å². The lowest BCUT2D eigenvalue weighted by atomic mass is 10.2. The Morgan fingerprint density at radius 1 is 1.12 bits per heavy atom. The summed E-state index contributed by atoms with van der Waals surface area (Å²) in [5.74, 6) is -0.356. The summed E-state index contributed by atoms with van der Waals surface area (Å²) >= 11 is 3.63. The fraction of sp³-hybridized carbons (Fsp3) is 0.105. The number of nitrogens with one attached hydrogen (secondary N) is 2. The van der Waals surface area contributed by atoms with Crippen LogP contribution in [0.5, 0.6) is 0 Å². The first kappa shape index (κ1) is 18.5. The minimum absolute atomic E-state index is 0.0929. The number of thiazole rings is 1. The predicted molar refractivity (Wildman–Crippen MR) is 114 cm³/mol. The van der Waals surface area contributed by atoms with Crippen molar-refractivity contribution in [3.63, 3.8) is 0 Å². The third kappa shape index (κ3) is 4.67. The van der Waals surface area contributed by atoms with Crippen molar-refractivity contribution in [1.29, 1.82) is 0 Å². The highest BCUT2D eigenvalue weighted by Gasteiger charge is 2.11. The van der Waals surface area contributed by atoms with Crippen molar-refractivity contribution < 1.29 is 9.59 Å². The van der Waals surface area contributed by atoms with Crippen LogP contribution in [0.1, 0.15) is 23.7 Å². The van der Waals surface area contributed by atoms with Crippen LogP contribution in [-0.2, 0) is 4.79 Å². The molecule has 3 aromatic rings. The van der Waals surface area contributed by atoms with Crippen molar-refractivity contribution >= 4 is 56.6 Å². The molecule has 0 fully saturated rings. The highest BCUT2D eigenvalue weighted by molar-refractivity contribution is 14.1. The Hall–Kier alpha value is -2.26. The second-order valence-corrected chi connectivity index (χ2v) is 7.59. The van der Waals surface area contributed by atoms with Gasteiger partial charge in [-0.1, -0.05) is 25.1 Å². The molecule has 0 aliphatic rings. The molecule has 0 radical (unpaired) electrons. The van der Waals surface area contributed by atoms with Crippen LogP contribution in [0.2, 0.25) is 0 Å². The van der Waals surface area contributed by atoms with E-state index in [0.29, 0.717) is 22.8 Å². The Morgan fingerprint density at radius 3 is 2.62 bits per heavy atom. The van der Waals surface area contributed by atoms with Gasteiger partial charge in [0.2, 0.25) is 5.91 Å². The van der Waals surface area contributed by atoms with Gasteiger partial charge in [-0.05, 0) is 52.9 Å². The van der Waals surface area contributed by atoms with Crippen LogP contribution in [0.25, 0.3) is 11.3 Å². The Balaban J connectivity index is 1.71. The maximum absolute atomic E-state index is 12.5. The van der Waals surface area contributed by atoms with E-state index in [1.165, 1.54) is 11.3 Å². The number of hydrogen-bond donors (Lipinski definition) is 2. The first-order valence-electron chi connectivity index (χ1n) is 7.98. The van der Waals surface area contributed by atoms with Crippen LogP contribution in [0.4, 0.5) is 10.8 Å². The summed E-state index contributed by atoms with van der Waals surface area (Å²) in [6, 6.07) is 14.9. The van der Waals surface area contributed by atoms with Crippen LogP contribution < -0.4 is 10.6 Å². The number of carbonyl (C=O) groups excluding carboxylic acids is 2. The molecule has 0 spiro atoms. The average Bonchev–Trinajstić information content (AvgIpc) is 3.11. The molecule has 0 saturated heterocycles. The van der Waals surface area contributed by atoms with Gasteiger partial charge in [0.15, 0.2) is 5.13 Å². The SMILES string of the molecule is CCC(=O)Nc1cccc(C(=O)Nc2nc(-c3ccc(I)cc3)cs2)c1. The summed E-state index contributed by atoms with van der Waals surface area (Å²) in [6.45, 7) is 1.78. The molecule has 0 atom stereocenters. The van der Waals surface area contributed by atoms with Crippen molar-refractivity contribution in [2.45, 2.75) is 13.3 Å². The molecule has 2 N–H and O–H groups in total. The molecule has 7 heteroatoms. The molecule has 2 amide bonds.